The van der Waals surface area contributed by atoms with E-state index in [0.717, 1.165) is 45.1 Å². The van der Waals surface area contributed by atoms with Crippen molar-refractivity contribution in [3.8, 4) is 0 Å². The van der Waals surface area contributed by atoms with Crippen LogP contribution in [-0.4, -0.2) is 18.5 Å². The van der Waals surface area contributed by atoms with Gasteiger partial charge in [-0.25, -0.2) is 0 Å². The van der Waals surface area contributed by atoms with E-state index < -0.39 is 0 Å². The molecule has 1 saturated carbocycles. The largest absolute Gasteiger partial charge is 0.353 e. The molecule has 3 heteroatoms. The number of hydrogen-bond acceptors (Lipinski definition) is 2. The van der Waals surface area contributed by atoms with Gasteiger partial charge in [-0.3, -0.25) is 4.79 Å². The summed E-state index contributed by atoms with van der Waals surface area (Å²) in [6, 6.07) is 0.361. The Morgan fingerprint density at radius 2 is 1.81 bits per heavy atom. The molecule has 94 valence electrons. The molecule has 0 aromatic rings. The highest BCUT2D eigenvalue weighted by molar-refractivity contribution is 5.79. The molecule has 0 spiro atoms. The van der Waals surface area contributed by atoms with Crippen LogP contribution in [0, 0.1) is 11.8 Å². The third-order valence-electron chi connectivity index (χ3n) is 3.88. The van der Waals surface area contributed by atoms with Crippen molar-refractivity contribution in [3.63, 3.8) is 0 Å². The first kappa shape index (κ1) is 13.5. The first-order valence-electron chi connectivity index (χ1n) is 6.71. The molecule has 16 heavy (non-hydrogen) atoms. The van der Waals surface area contributed by atoms with Crippen molar-refractivity contribution >= 4 is 5.91 Å². The molecule has 0 atom stereocenters. The Labute approximate surface area is 99.2 Å². The smallest absolute Gasteiger partial charge is 0.223 e. The minimum Gasteiger partial charge on any atom is -0.353 e. The number of hydrogen-bond donors (Lipinski definition) is 2. The number of amides is 1. The second kappa shape index (κ2) is 6.89. The Bertz CT molecular complexity index is 206. The van der Waals surface area contributed by atoms with Gasteiger partial charge in [-0.15, -0.1) is 0 Å². The fourth-order valence-electron chi connectivity index (χ4n) is 2.47. The lowest BCUT2D eigenvalue weighted by Crippen LogP contribution is -2.39. The monoisotopic (exact) mass is 226 g/mol. The van der Waals surface area contributed by atoms with Gasteiger partial charge in [-0.1, -0.05) is 13.8 Å². The first-order valence-corrected chi connectivity index (χ1v) is 6.71. The minimum absolute atomic E-state index is 0.239. The van der Waals surface area contributed by atoms with Gasteiger partial charge in [0.15, 0.2) is 0 Å². The molecule has 1 aliphatic rings. The van der Waals surface area contributed by atoms with E-state index in [2.05, 4.69) is 19.2 Å². The molecule has 1 fully saturated rings. The van der Waals surface area contributed by atoms with Crippen molar-refractivity contribution in [3.05, 3.63) is 0 Å². The van der Waals surface area contributed by atoms with Gasteiger partial charge >= 0.3 is 0 Å². The molecule has 0 saturated heterocycles. The van der Waals surface area contributed by atoms with Gasteiger partial charge in [0.25, 0.3) is 0 Å². The van der Waals surface area contributed by atoms with E-state index in [-0.39, 0.29) is 11.8 Å². The molecule has 0 aliphatic heterocycles. The van der Waals surface area contributed by atoms with Crippen molar-refractivity contribution in [2.24, 2.45) is 17.6 Å². The summed E-state index contributed by atoms with van der Waals surface area (Å²) in [6.45, 7) is 5.03. The van der Waals surface area contributed by atoms with Crippen LogP contribution in [0.2, 0.25) is 0 Å². The van der Waals surface area contributed by atoms with Crippen LogP contribution in [-0.2, 0) is 4.79 Å². The normalized spacial score (nSPS) is 25.8. The molecule has 0 aromatic carbocycles. The summed E-state index contributed by atoms with van der Waals surface area (Å²) in [5.74, 6) is 1.16. The van der Waals surface area contributed by atoms with Gasteiger partial charge in [0.1, 0.15) is 0 Å². The van der Waals surface area contributed by atoms with Gasteiger partial charge in [-0.05, 0) is 51.0 Å². The zero-order valence-corrected chi connectivity index (χ0v) is 10.7. The molecule has 0 bridgehead atoms. The molecule has 0 aromatic heterocycles. The zero-order chi connectivity index (χ0) is 12.0. The van der Waals surface area contributed by atoms with Gasteiger partial charge in [0.05, 0.1) is 0 Å². The highest BCUT2D eigenvalue weighted by Crippen LogP contribution is 2.28. The third kappa shape index (κ3) is 3.78. The van der Waals surface area contributed by atoms with Crippen molar-refractivity contribution in [2.45, 2.75) is 58.4 Å². The summed E-state index contributed by atoms with van der Waals surface area (Å²) >= 11 is 0. The minimum atomic E-state index is 0.239. The summed E-state index contributed by atoms with van der Waals surface area (Å²) in [6.07, 6.45) is 6.34. The second-order valence-electron chi connectivity index (χ2n) is 4.98. The highest BCUT2D eigenvalue weighted by atomic mass is 16.1. The van der Waals surface area contributed by atoms with Crippen LogP contribution in [0.15, 0.2) is 0 Å². The van der Waals surface area contributed by atoms with Gasteiger partial charge in [0, 0.05) is 12.0 Å². The molecule has 1 rings (SSSR count). The standard InChI is InChI=1S/C13H26N2O/c1-3-12(4-2)15-13(16)11-7-5-10(9-14)6-8-11/h10-12H,3-9,14H2,1-2H3,(H,15,16). The van der Waals surface area contributed by atoms with Crippen LogP contribution in [0.1, 0.15) is 52.4 Å². The van der Waals surface area contributed by atoms with E-state index in [0.29, 0.717) is 12.0 Å². The van der Waals surface area contributed by atoms with Crippen molar-refractivity contribution in [1.82, 2.24) is 5.32 Å². The average molecular weight is 226 g/mol. The van der Waals surface area contributed by atoms with Crippen molar-refractivity contribution < 1.29 is 4.79 Å². The maximum atomic E-state index is 12.0. The van der Waals surface area contributed by atoms with Crippen molar-refractivity contribution in [1.29, 1.82) is 0 Å². The lowest BCUT2D eigenvalue weighted by Gasteiger charge is -2.28. The summed E-state index contributed by atoms with van der Waals surface area (Å²) in [5.41, 5.74) is 5.65. The number of nitrogens with one attached hydrogen (secondary N) is 1. The topological polar surface area (TPSA) is 55.1 Å². The molecule has 0 heterocycles. The van der Waals surface area contributed by atoms with Crippen LogP contribution in [0.5, 0.6) is 0 Å². The summed E-state index contributed by atoms with van der Waals surface area (Å²) in [5, 5.41) is 3.15. The van der Waals surface area contributed by atoms with Gasteiger partial charge in [0.2, 0.25) is 5.91 Å². The van der Waals surface area contributed by atoms with Crippen LogP contribution in [0.3, 0.4) is 0 Å². The SMILES string of the molecule is CCC(CC)NC(=O)C1CCC(CN)CC1. The number of nitrogens with two attached hydrogens (primary N) is 1. The predicted octanol–water partition coefficient (Wildman–Crippen LogP) is 2.06. The van der Waals surface area contributed by atoms with Crippen LogP contribution < -0.4 is 11.1 Å². The Morgan fingerprint density at radius 3 is 2.25 bits per heavy atom. The van der Waals surface area contributed by atoms with Gasteiger partial charge < -0.3 is 11.1 Å². The lowest BCUT2D eigenvalue weighted by atomic mass is 9.81. The van der Waals surface area contributed by atoms with Crippen LogP contribution >= 0.6 is 0 Å². The summed E-state index contributed by atoms with van der Waals surface area (Å²) in [7, 11) is 0. The third-order valence-corrected chi connectivity index (χ3v) is 3.88. The second-order valence-corrected chi connectivity index (χ2v) is 4.98. The average Bonchev–Trinajstić information content (AvgIpc) is 2.35. The fraction of sp³-hybridized carbons (Fsp3) is 0.923. The Balaban J connectivity index is 2.32. The molecular formula is C13H26N2O. The lowest BCUT2D eigenvalue weighted by molar-refractivity contribution is -0.127. The number of carbonyl (C=O) groups is 1. The summed E-state index contributed by atoms with van der Waals surface area (Å²) in [4.78, 5) is 12.0. The van der Waals surface area contributed by atoms with Crippen LogP contribution in [0.25, 0.3) is 0 Å². The Kier molecular flexibility index (Phi) is 5.81. The number of carbonyl (C=O) groups excluding carboxylic acids is 1. The van der Waals surface area contributed by atoms with E-state index in [1.54, 1.807) is 0 Å². The van der Waals surface area contributed by atoms with Crippen LogP contribution in [0.4, 0.5) is 0 Å². The Morgan fingerprint density at radius 1 is 1.25 bits per heavy atom. The van der Waals surface area contributed by atoms with E-state index in [4.69, 9.17) is 5.73 Å². The summed E-state index contributed by atoms with van der Waals surface area (Å²) < 4.78 is 0. The van der Waals surface area contributed by atoms with E-state index in [1.807, 2.05) is 0 Å². The molecule has 0 radical (unpaired) electrons. The molecule has 1 amide bonds. The quantitative estimate of drug-likeness (QED) is 0.754. The fourth-order valence-corrected chi connectivity index (χ4v) is 2.47. The van der Waals surface area contributed by atoms with E-state index in [9.17, 15) is 4.79 Å². The molecule has 3 N–H and O–H groups in total. The molecule has 0 unspecified atom stereocenters. The molecule has 1 aliphatic carbocycles. The predicted molar refractivity (Wildman–Crippen MR) is 67.0 cm³/mol. The molecular weight excluding hydrogens is 200 g/mol. The van der Waals surface area contributed by atoms with Crippen molar-refractivity contribution in [2.75, 3.05) is 6.54 Å². The first-order chi connectivity index (χ1) is 7.71. The maximum Gasteiger partial charge on any atom is 0.223 e. The van der Waals surface area contributed by atoms with Gasteiger partial charge in [-0.2, -0.15) is 0 Å². The molecule has 3 nitrogen and oxygen atoms in total. The number of rotatable bonds is 5. The maximum absolute atomic E-state index is 12.0. The highest BCUT2D eigenvalue weighted by Gasteiger charge is 2.26. The zero-order valence-electron chi connectivity index (χ0n) is 10.7. The van der Waals surface area contributed by atoms with E-state index >= 15 is 0 Å². The van der Waals surface area contributed by atoms with E-state index in [1.165, 1.54) is 0 Å². The Hall–Kier alpha value is -0.570.